The number of aromatic nitrogens is 2. The van der Waals surface area contributed by atoms with Crippen molar-refractivity contribution in [1.29, 1.82) is 0 Å². The maximum Gasteiger partial charge on any atom is 0.233 e. The largest absolute Gasteiger partial charge is 0.339 e. The van der Waals surface area contributed by atoms with Crippen LogP contribution in [-0.2, 0) is 4.79 Å². The lowest BCUT2D eigenvalue weighted by molar-refractivity contribution is -0.134. The van der Waals surface area contributed by atoms with Gasteiger partial charge in [-0.25, -0.2) is 4.98 Å². The van der Waals surface area contributed by atoms with Gasteiger partial charge in [0.1, 0.15) is 0 Å². The molecule has 0 radical (unpaired) electrons. The topological polar surface area (TPSA) is 49.0 Å². The van der Waals surface area contributed by atoms with Crippen molar-refractivity contribution in [2.24, 2.45) is 5.92 Å². The normalized spacial score (nSPS) is 24.1. The van der Waals surface area contributed by atoms with Crippen molar-refractivity contribution in [1.82, 2.24) is 14.9 Å². The molecular formula is C19H25N3OS. The lowest BCUT2D eigenvalue weighted by Gasteiger charge is -2.44. The SMILES string of the molecule is Cc1ccc2nc(SCC(=O)N3CCC[C@@H]4CCCC[C@H]43)[nH]c2c1. The lowest BCUT2D eigenvalue weighted by atomic mass is 9.78. The number of imidazole rings is 1. The van der Waals surface area contributed by atoms with Gasteiger partial charge < -0.3 is 9.88 Å². The smallest absolute Gasteiger partial charge is 0.233 e. The Morgan fingerprint density at radius 1 is 1.29 bits per heavy atom. The fourth-order valence-corrected chi connectivity index (χ4v) is 5.09. The third-order valence-electron chi connectivity index (χ3n) is 5.51. The van der Waals surface area contributed by atoms with E-state index in [-0.39, 0.29) is 5.91 Å². The van der Waals surface area contributed by atoms with Crippen molar-refractivity contribution in [2.45, 2.75) is 56.6 Å². The third-order valence-corrected chi connectivity index (χ3v) is 6.37. The number of hydrogen-bond donors (Lipinski definition) is 1. The number of fused-ring (bicyclic) bond motifs is 2. The molecule has 1 N–H and O–H groups in total. The number of nitrogens with one attached hydrogen (secondary N) is 1. The van der Waals surface area contributed by atoms with Gasteiger partial charge in [0.2, 0.25) is 5.91 Å². The van der Waals surface area contributed by atoms with E-state index in [1.54, 1.807) is 0 Å². The summed E-state index contributed by atoms with van der Waals surface area (Å²) < 4.78 is 0. The maximum absolute atomic E-state index is 12.8. The molecule has 5 heteroatoms. The number of carbonyl (C=O) groups is 1. The van der Waals surface area contributed by atoms with Crippen LogP contribution in [0.15, 0.2) is 23.4 Å². The molecule has 1 saturated carbocycles. The van der Waals surface area contributed by atoms with Crippen molar-refractivity contribution < 1.29 is 4.79 Å². The Morgan fingerprint density at radius 3 is 3.04 bits per heavy atom. The zero-order chi connectivity index (χ0) is 16.5. The van der Waals surface area contributed by atoms with Crippen LogP contribution in [0, 0.1) is 12.8 Å². The summed E-state index contributed by atoms with van der Waals surface area (Å²) in [5.74, 6) is 1.52. The number of amides is 1. The number of benzene rings is 1. The molecule has 1 amide bonds. The van der Waals surface area contributed by atoms with Crippen molar-refractivity contribution in [3.05, 3.63) is 23.8 Å². The summed E-state index contributed by atoms with van der Waals surface area (Å²) in [5.41, 5.74) is 3.24. The predicted octanol–water partition coefficient (Wildman–Crippen LogP) is 4.14. The Bertz CT molecular complexity index is 739. The minimum Gasteiger partial charge on any atom is -0.339 e. The van der Waals surface area contributed by atoms with Crippen LogP contribution in [0.1, 0.15) is 44.1 Å². The molecule has 2 atom stereocenters. The first kappa shape index (κ1) is 16.0. The second-order valence-corrected chi connectivity index (χ2v) is 8.16. The Balaban J connectivity index is 1.41. The van der Waals surface area contributed by atoms with Gasteiger partial charge in [-0.15, -0.1) is 0 Å². The molecule has 1 aliphatic carbocycles. The van der Waals surface area contributed by atoms with Crippen LogP contribution < -0.4 is 0 Å². The zero-order valence-corrected chi connectivity index (χ0v) is 15.1. The molecule has 0 bridgehead atoms. The summed E-state index contributed by atoms with van der Waals surface area (Å²) in [6, 6.07) is 6.70. The molecule has 1 aliphatic heterocycles. The zero-order valence-electron chi connectivity index (χ0n) is 14.3. The van der Waals surface area contributed by atoms with Crippen molar-refractivity contribution in [2.75, 3.05) is 12.3 Å². The van der Waals surface area contributed by atoms with Gasteiger partial charge in [0, 0.05) is 12.6 Å². The van der Waals surface area contributed by atoms with Gasteiger partial charge >= 0.3 is 0 Å². The Morgan fingerprint density at radius 2 is 2.12 bits per heavy atom. The third kappa shape index (κ3) is 3.18. The number of piperidine rings is 1. The monoisotopic (exact) mass is 343 g/mol. The van der Waals surface area contributed by atoms with Gasteiger partial charge in [-0.1, -0.05) is 30.7 Å². The molecule has 1 aromatic carbocycles. The predicted molar refractivity (Wildman–Crippen MR) is 98.2 cm³/mol. The maximum atomic E-state index is 12.8. The number of nitrogens with zero attached hydrogens (tertiary/aromatic N) is 2. The first-order valence-corrected chi connectivity index (χ1v) is 10.1. The van der Waals surface area contributed by atoms with E-state index in [1.165, 1.54) is 55.9 Å². The van der Waals surface area contributed by atoms with E-state index >= 15 is 0 Å². The highest BCUT2D eigenvalue weighted by Gasteiger charge is 2.35. The average Bonchev–Trinajstić information content (AvgIpc) is 3.01. The van der Waals surface area contributed by atoms with Gasteiger partial charge in [0.25, 0.3) is 0 Å². The Hall–Kier alpha value is -1.49. The van der Waals surface area contributed by atoms with Crippen molar-refractivity contribution in [3.63, 3.8) is 0 Å². The molecule has 128 valence electrons. The minimum atomic E-state index is 0.285. The van der Waals surface area contributed by atoms with E-state index in [1.807, 2.05) is 6.07 Å². The fourth-order valence-electron chi connectivity index (χ4n) is 4.32. The lowest BCUT2D eigenvalue weighted by Crippen LogP contribution is -2.50. The first-order valence-electron chi connectivity index (χ1n) is 9.09. The van der Waals surface area contributed by atoms with Crippen molar-refractivity contribution in [3.8, 4) is 0 Å². The first-order chi connectivity index (χ1) is 11.7. The molecular weight excluding hydrogens is 318 g/mol. The number of likely N-dealkylation sites (tertiary alicyclic amines) is 1. The van der Waals surface area contributed by atoms with Crippen LogP contribution in [0.5, 0.6) is 0 Å². The number of rotatable bonds is 3. The molecule has 1 aromatic heterocycles. The second kappa shape index (κ2) is 6.79. The van der Waals surface area contributed by atoms with E-state index in [2.05, 4.69) is 33.9 Å². The molecule has 4 nitrogen and oxygen atoms in total. The molecule has 2 aromatic rings. The summed E-state index contributed by atoms with van der Waals surface area (Å²) in [7, 11) is 0. The summed E-state index contributed by atoms with van der Waals surface area (Å²) in [5, 5.41) is 0.848. The van der Waals surface area contributed by atoms with Gasteiger partial charge in [-0.05, 0) is 56.2 Å². The Kier molecular flexibility index (Phi) is 4.53. The number of thioether (sulfide) groups is 1. The van der Waals surface area contributed by atoms with Gasteiger partial charge in [0.05, 0.1) is 16.8 Å². The van der Waals surface area contributed by atoms with Crippen LogP contribution in [-0.4, -0.2) is 39.1 Å². The minimum absolute atomic E-state index is 0.285. The van der Waals surface area contributed by atoms with Gasteiger partial charge in [0.15, 0.2) is 5.16 Å². The van der Waals surface area contributed by atoms with E-state index in [9.17, 15) is 4.79 Å². The van der Waals surface area contributed by atoms with E-state index in [0.717, 1.165) is 28.7 Å². The molecule has 2 heterocycles. The number of aromatic amines is 1. The highest BCUT2D eigenvalue weighted by atomic mass is 32.2. The van der Waals surface area contributed by atoms with Crippen LogP contribution in [0.4, 0.5) is 0 Å². The Labute approximate surface area is 147 Å². The summed E-state index contributed by atoms with van der Waals surface area (Å²) in [6.45, 7) is 3.02. The highest BCUT2D eigenvalue weighted by Crippen LogP contribution is 2.35. The molecule has 1 saturated heterocycles. The summed E-state index contributed by atoms with van der Waals surface area (Å²) >= 11 is 1.54. The molecule has 2 aliphatic rings. The number of H-pyrrole nitrogens is 1. The number of hydrogen-bond acceptors (Lipinski definition) is 3. The second-order valence-electron chi connectivity index (χ2n) is 7.19. The standard InChI is InChI=1S/C19H25N3OS/c1-13-8-9-15-16(11-13)21-19(20-15)24-12-18(23)22-10-4-6-14-5-2-3-7-17(14)22/h8-9,11,14,17H,2-7,10,12H2,1H3,(H,20,21)/t14-,17+/m0/s1. The highest BCUT2D eigenvalue weighted by molar-refractivity contribution is 7.99. The molecule has 24 heavy (non-hydrogen) atoms. The van der Waals surface area contributed by atoms with E-state index in [0.29, 0.717) is 11.8 Å². The van der Waals surface area contributed by atoms with Gasteiger partial charge in [-0.2, -0.15) is 0 Å². The molecule has 4 rings (SSSR count). The number of carbonyl (C=O) groups excluding carboxylic acids is 1. The quantitative estimate of drug-likeness (QED) is 0.852. The fraction of sp³-hybridized carbons (Fsp3) is 0.579. The molecule has 0 spiro atoms. The number of aryl methyl sites for hydroxylation is 1. The molecule has 2 fully saturated rings. The van der Waals surface area contributed by atoms with Crippen molar-refractivity contribution >= 4 is 28.7 Å². The van der Waals surface area contributed by atoms with E-state index < -0.39 is 0 Å². The molecule has 0 unspecified atom stereocenters. The van der Waals surface area contributed by atoms with Crippen LogP contribution in [0.25, 0.3) is 11.0 Å². The van der Waals surface area contributed by atoms with Crippen LogP contribution in [0.3, 0.4) is 0 Å². The summed E-state index contributed by atoms with van der Waals surface area (Å²) in [6.07, 6.45) is 7.61. The van der Waals surface area contributed by atoms with Crippen LogP contribution in [0.2, 0.25) is 0 Å². The average molecular weight is 343 g/mol. The summed E-state index contributed by atoms with van der Waals surface area (Å²) in [4.78, 5) is 22.9. The van der Waals surface area contributed by atoms with E-state index in [4.69, 9.17) is 0 Å². The van der Waals surface area contributed by atoms with Gasteiger partial charge in [-0.3, -0.25) is 4.79 Å². The van der Waals surface area contributed by atoms with Crippen LogP contribution >= 0.6 is 11.8 Å².